The van der Waals surface area contributed by atoms with Crippen molar-refractivity contribution in [2.75, 3.05) is 5.32 Å². The van der Waals surface area contributed by atoms with Crippen LogP contribution in [0.5, 0.6) is 0 Å². The van der Waals surface area contributed by atoms with E-state index in [2.05, 4.69) is 10.3 Å². The van der Waals surface area contributed by atoms with Crippen molar-refractivity contribution in [2.45, 2.75) is 26.8 Å². The number of nitro benzene ring substituents is 1. The fourth-order valence-corrected chi connectivity index (χ4v) is 3.04. The summed E-state index contributed by atoms with van der Waals surface area (Å²) in [7, 11) is 0. The van der Waals surface area contributed by atoms with Crippen LogP contribution in [0.2, 0.25) is 0 Å². The minimum absolute atomic E-state index is 0.0234. The van der Waals surface area contributed by atoms with Crippen molar-refractivity contribution in [3.63, 3.8) is 0 Å². The predicted octanol–water partition coefficient (Wildman–Crippen LogP) is 3.71. The molecule has 0 saturated heterocycles. The Labute approximate surface area is 126 Å². The van der Waals surface area contributed by atoms with Crippen molar-refractivity contribution in [1.29, 1.82) is 5.26 Å². The van der Waals surface area contributed by atoms with Gasteiger partial charge in [-0.3, -0.25) is 10.1 Å². The summed E-state index contributed by atoms with van der Waals surface area (Å²) < 4.78 is 0. The number of nitrogens with one attached hydrogen (secondary N) is 1. The lowest BCUT2D eigenvalue weighted by Gasteiger charge is -2.15. The molecule has 0 saturated carbocycles. The molecule has 2 aromatic rings. The Balaban J connectivity index is 2.29. The second kappa shape index (κ2) is 5.89. The molecule has 0 aliphatic rings. The number of nitro groups is 1. The summed E-state index contributed by atoms with van der Waals surface area (Å²) in [5, 5.41) is 24.1. The molecule has 1 unspecified atom stereocenters. The third kappa shape index (κ3) is 3.17. The number of benzene rings is 1. The van der Waals surface area contributed by atoms with Gasteiger partial charge in [0.15, 0.2) is 0 Å². The summed E-state index contributed by atoms with van der Waals surface area (Å²) in [5.74, 6) is 0. The van der Waals surface area contributed by atoms with E-state index in [1.54, 1.807) is 17.4 Å². The number of non-ortho nitro benzene ring substituents is 1. The van der Waals surface area contributed by atoms with Crippen LogP contribution >= 0.6 is 11.3 Å². The molecule has 0 aliphatic carbocycles. The van der Waals surface area contributed by atoms with Crippen LogP contribution < -0.4 is 5.32 Å². The van der Waals surface area contributed by atoms with Gasteiger partial charge in [-0.25, -0.2) is 4.98 Å². The lowest BCUT2D eigenvalue weighted by Crippen LogP contribution is -2.07. The van der Waals surface area contributed by atoms with Gasteiger partial charge in [0.1, 0.15) is 6.07 Å². The van der Waals surface area contributed by atoms with Gasteiger partial charge in [-0.2, -0.15) is 5.26 Å². The Morgan fingerprint density at radius 2 is 2.19 bits per heavy atom. The Morgan fingerprint density at radius 1 is 1.48 bits per heavy atom. The maximum Gasteiger partial charge on any atom is 0.270 e. The second-order valence-electron chi connectivity index (χ2n) is 4.65. The first-order valence-corrected chi connectivity index (χ1v) is 7.13. The van der Waals surface area contributed by atoms with E-state index in [1.165, 1.54) is 12.1 Å². The van der Waals surface area contributed by atoms with Gasteiger partial charge in [-0.1, -0.05) is 0 Å². The van der Waals surface area contributed by atoms with Gasteiger partial charge >= 0.3 is 0 Å². The molecule has 21 heavy (non-hydrogen) atoms. The summed E-state index contributed by atoms with van der Waals surface area (Å²) in [6.45, 7) is 5.86. The Bertz CT molecular complexity index is 733. The third-order valence-corrected chi connectivity index (χ3v) is 4.29. The minimum atomic E-state index is -0.509. The number of aromatic nitrogens is 1. The monoisotopic (exact) mass is 302 g/mol. The Hall–Kier alpha value is -2.46. The van der Waals surface area contributed by atoms with Crippen molar-refractivity contribution in [3.05, 3.63) is 49.5 Å². The molecular formula is C14H14N4O2S. The van der Waals surface area contributed by atoms with Crippen LogP contribution in [0.3, 0.4) is 0 Å². The fraction of sp³-hybridized carbons (Fsp3) is 0.286. The average Bonchev–Trinajstić information content (AvgIpc) is 2.78. The minimum Gasteiger partial charge on any atom is -0.377 e. The van der Waals surface area contributed by atoms with E-state index in [9.17, 15) is 10.1 Å². The molecule has 108 valence electrons. The SMILES string of the molecule is Cc1nc(C)c(C(C)Nc2ccc([N+](=O)[O-])cc2C#N)s1. The molecular weight excluding hydrogens is 288 g/mol. The van der Waals surface area contributed by atoms with Crippen molar-refractivity contribution < 1.29 is 4.92 Å². The highest BCUT2D eigenvalue weighted by atomic mass is 32.1. The van der Waals surface area contributed by atoms with Crippen LogP contribution in [-0.2, 0) is 0 Å². The standard InChI is InChI=1S/C14H14N4O2S/c1-8-14(21-10(3)16-8)9(2)17-13-5-4-12(18(19)20)6-11(13)7-15/h4-6,9,17H,1-3H3. The Morgan fingerprint density at radius 3 is 2.71 bits per heavy atom. The van der Waals surface area contributed by atoms with E-state index >= 15 is 0 Å². The van der Waals surface area contributed by atoms with Gasteiger partial charge < -0.3 is 5.32 Å². The van der Waals surface area contributed by atoms with Crippen LogP contribution in [0.1, 0.15) is 34.1 Å². The van der Waals surface area contributed by atoms with Gasteiger partial charge in [-0.05, 0) is 26.8 Å². The van der Waals surface area contributed by atoms with E-state index in [4.69, 9.17) is 5.26 Å². The zero-order valence-corrected chi connectivity index (χ0v) is 12.7. The predicted molar refractivity (Wildman–Crippen MR) is 81.4 cm³/mol. The molecule has 1 aromatic heterocycles. The van der Waals surface area contributed by atoms with Gasteiger partial charge in [0, 0.05) is 17.0 Å². The number of nitriles is 1. The number of aryl methyl sites for hydroxylation is 2. The zero-order chi connectivity index (χ0) is 15.6. The van der Waals surface area contributed by atoms with Gasteiger partial charge in [0.2, 0.25) is 0 Å². The van der Waals surface area contributed by atoms with Crippen LogP contribution in [0.25, 0.3) is 0 Å². The summed E-state index contributed by atoms with van der Waals surface area (Å²) in [6.07, 6.45) is 0. The first kappa shape index (κ1) is 14.9. The molecule has 1 atom stereocenters. The highest BCUT2D eigenvalue weighted by Crippen LogP contribution is 2.29. The van der Waals surface area contributed by atoms with Crippen molar-refractivity contribution in [3.8, 4) is 6.07 Å². The molecule has 0 radical (unpaired) electrons. The van der Waals surface area contributed by atoms with Gasteiger partial charge in [-0.15, -0.1) is 11.3 Å². The van der Waals surface area contributed by atoms with E-state index in [0.717, 1.165) is 15.6 Å². The van der Waals surface area contributed by atoms with Crippen molar-refractivity contribution >= 4 is 22.7 Å². The maximum absolute atomic E-state index is 10.7. The van der Waals surface area contributed by atoms with Crippen LogP contribution in [0, 0.1) is 35.3 Å². The number of rotatable bonds is 4. The smallest absolute Gasteiger partial charge is 0.270 e. The molecule has 2 rings (SSSR count). The first-order chi connectivity index (χ1) is 9.92. The lowest BCUT2D eigenvalue weighted by molar-refractivity contribution is -0.384. The molecule has 7 heteroatoms. The molecule has 0 fully saturated rings. The highest BCUT2D eigenvalue weighted by Gasteiger charge is 2.16. The maximum atomic E-state index is 10.7. The largest absolute Gasteiger partial charge is 0.377 e. The van der Waals surface area contributed by atoms with Gasteiger partial charge in [0.05, 0.1) is 32.9 Å². The Kier molecular flexibility index (Phi) is 4.19. The normalized spacial score (nSPS) is 11.7. The summed E-state index contributed by atoms with van der Waals surface area (Å²) in [5.41, 5.74) is 1.71. The van der Waals surface area contributed by atoms with E-state index in [-0.39, 0.29) is 17.3 Å². The fourth-order valence-electron chi connectivity index (χ4n) is 2.11. The van der Waals surface area contributed by atoms with E-state index < -0.39 is 4.92 Å². The summed E-state index contributed by atoms with van der Waals surface area (Å²) in [6, 6.07) is 6.20. The molecule has 6 nitrogen and oxygen atoms in total. The zero-order valence-electron chi connectivity index (χ0n) is 11.9. The molecule has 0 aliphatic heterocycles. The van der Waals surface area contributed by atoms with Crippen LogP contribution in [0.4, 0.5) is 11.4 Å². The first-order valence-electron chi connectivity index (χ1n) is 6.31. The topological polar surface area (TPSA) is 91.8 Å². The van der Waals surface area contributed by atoms with Crippen LogP contribution in [0.15, 0.2) is 18.2 Å². The number of thiazole rings is 1. The van der Waals surface area contributed by atoms with Crippen LogP contribution in [-0.4, -0.2) is 9.91 Å². The molecule has 1 heterocycles. The highest BCUT2D eigenvalue weighted by molar-refractivity contribution is 7.11. The number of nitrogens with zero attached hydrogens (tertiary/aromatic N) is 3. The van der Waals surface area contributed by atoms with E-state index in [0.29, 0.717) is 5.69 Å². The van der Waals surface area contributed by atoms with E-state index in [1.807, 2.05) is 26.8 Å². The third-order valence-electron chi connectivity index (χ3n) is 3.04. The van der Waals surface area contributed by atoms with Crippen molar-refractivity contribution in [1.82, 2.24) is 4.98 Å². The molecule has 1 N–H and O–H groups in total. The van der Waals surface area contributed by atoms with Gasteiger partial charge in [0.25, 0.3) is 5.69 Å². The number of hydrogen-bond acceptors (Lipinski definition) is 6. The van der Waals surface area contributed by atoms with Crippen molar-refractivity contribution in [2.24, 2.45) is 0 Å². The second-order valence-corrected chi connectivity index (χ2v) is 5.88. The summed E-state index contributed by atoms with van der Waals surface area (Å²) in [4.78, 5) is 15.7. The molecule has 1 aromatic carbocycles. The summed E-state index contributed by atoms with van der Waals surface area (Å²) >= 11 is 1.60. The number of hydrogen-bond donors (Lipinski definition) is 1. The molecule has 0 bridgehead atoms. The quantitative estimate of drug-likeness (QED) is 0.686. The lowest BCUT2D eigenvalue weighted by atomic mass is 10.1. The number of anilines is 1. The average molecular weight is 302 g/mol. The molecule has 0 spiro atoms. The molecule has 0 amide bonds.